The zero-order valence-corrected chi connectivity index (χ0v) is 11.5. The van der Waals surface area contributed by atoms with Crippen molar-refractivity contribution in [1.82, 2.24) is 10.2 Å². The molecule has 5 nitrogen and oxygen atoms in total. The number of imide groups is 1. The van der Waals surface area contributed by atoms with Crippen LogP contribution in [0.2, 0.25) is 0 Å². The summed E-state index contributed by atoms with van der Waals surface area (Å²) in [6, 6.07) is 3.97. The molecule has 2 heterocycles. The Bertz CT molecular complexity index is 468. The maximum absolute atomic E-state index is 11.8. The molecule has 2 rings (SSSR count). The van der Waals surface area contributed by atoms with Crippen molar-refractivity contribution in [3.8, 4) is 0 Å². The second-order valence-electron chi connectivity index (χ2n) is 4.63. The average molecular weight is 280 g/mol. The van der Waals surface area contributed by atoms with E-state index in [1.807, 2.05) is 24.4 Å². The molecule has 1 aliphatic rings. The first-order chi connectivity index (χ1) is 9.06. The van der Waals surface area contributed by atoms with Gasteiger partial charge in [-0.25, -0.2) is 0 Å². The lowest BCUT2D eigenvalue weighted by atomic mass is 10.2. The Morgan fingerprint density at radius 1 is 1.42 bits per heavy atom. The van der Waals surface area contributed by atoms with Crippen molar-refractivity contribution in [3.05, 3.63) is 22.4 Å². The molecular formula is C13H16N2O3S. The van der Waals surface area contributed by atoms with Gasteiger partial charge in [0.25, 0.3) is 0 Å². The van der Waals surface area contributed by atoms with Gasteiger partial charge in [0, 0.05) is 30.2 Å². The summed E-state index contributed by atoms with van der Waals surface area (Å²) in [5, 5.41) is 4.80. The number of carbonyl (C=O) groups is 3. The number of amides is 3. The van der Waals surface area contributed by atoms with Gasteiger partial charge in [0.1, 0.15) is 6.54 Å². The molecule has 1 N–H and O–H groups in total. The van der Waals surface area contributed by atoms with E-state index in [9.17, 15) is 14.4 Å². The lowest BCUT2D eigenvalue weighted by Gasteiger charge is -2.17. The van der Waals surface area contributed by atoms with Crippen LogP contribution in [0.1, 0.15) is 24.6 Å². The van der Waals surface area contributed by atoms with Crippen LogP contribution >= 0.6 is 11.3 Å². The zero-order valence-electron chi connectivity index (χ0n) is 10.7. The van der Waals surface area contributed by atoms with Crippen molar-refractivity contribution in [2.45, 2.75) is 32.2 Å². The molecule has 3 amide bonds. The summed E-state index contributed by atoms with van der Waals surface area (Å²) in [6.07, 6.45) is 1.19. The third kappa shape index (κ3) is 3.64. The molecule has 1 unspecified atom stereocenters. The minimum Gasteiger partial charge on any atom is -0.352 e. The van der Waals surface area contributed by atoms with Gasteiger partial charge in [0.05, 0.1) is 0 Å². The standard InChI is InChI=1S/C13H16N2O3S/c1-9(7-10-3-2-6-19-10)14-11(16)8-15-12(17)4-5-13(15)18/h2-3,6,9H,4-5,7-8H2,1H3,(H,14,16). The van der Waals surface area contributed by atoms with Crippen LogP contribution in [-0.2, 0) is 20.8 Å². The van der Waals surface area contributed by atoms with Gasteiger partial charge in [-0.05, 0) is 18.4 Å². The van der Waals surface area contributed by atoms with Crippen LogP contribution in [0.4, 0.5) is 0 Å². The lowest BCUT2D eigenvalue weighted by molar-refractivity contribution is -0.142. The van der Waals surface area contributed by atoms with E-state index in [0.717, 1.165) is 11.3 Å². The van der Waals surface area contributed by atoms with Crippen molar-refractivity contribution in [3.63, 3.8) is 0 Å². The summed E-state index contributed by atoms with van der Waals surface area (Å²) < 4.78 is 0. The molecule has 1 aromatic rings. The van der Waals surface area contributed by atoms with Gasteiger partial charge in [-0.15, -0.1) is 11.3 Å². The van der Waals surface area contributed by atoms with E-state index in [4.69, 9.17) is 0 Å². The summed E-state index contributed by atoms with van der Waals surface area (Å²) in [7, 11) is 0. The van der Waals surface area contributed by atoms with Crippen LogP contribution < -0.4 is 5.32 Å². The SMILES string of the molecule is CC(Cc1cccs1)NC(=O)CN1C(=O)CCC1=O. The van der Waals surface area contributed by atoms with E-state index in [0.29, 0.717) is 0 Å². The second-order valence-corrected chi connectivity index (χ2v) is 5.66. The largest absolute Gasteiger partial charge is 0.352 e. The van der Waals surface area contributed by atoms with E-state index in [-0.39, 0.29) is 43.1 Å². The minimum absolute atomic E-state index is 0.0149. The zero-order chi connectivity index (χ0) is 13.8. The third-order valence-electron chi connectivity index (χ3n) is 2.95. The molecule has 0 radical (unpaired) electrons. The predicted molar refractivity (Wildman–Crippen MR) is 71.6 cm³/mol. The Morgan fingerprint density at radius 2 is 2.11 bits per heavy atom. The van der Waals surface area contributed by atoms with E-state index in [2.05, 4.69) is 5.32 Å². The normalized spacial score (nSPS) is 16.8. The Labute approximate surface area is 115 Å². The number of nitrogens with one attached hydrogen (secondary N) is 1. The smallest absolute Gasteiger partial charge is 0.240 e. The average Bonchev–Trinajstić information content (AvgIpc) is 2.94. The Hall–Kier alpha value is -1.69. The summed E-state index contributed by atoms with van der Waals surface area (Å²) in [5.41, 5.74) is 0. The van der Waals surface area contributed by atoms with E-state index in [1.165, 1.54) is 4.88 Å². The van der Waals surface area contributed by atoms with Crippen molar-refractivity contribution < 1.29 is 14.4 Å². The number of thiophene rings is 1. The van der Waals surface area contributed by atoms with Gasteiger partial charge in [-0.1, -0.05) is 6.07 Å². The molecule has 1 aromatic heterocycles. The molecule has 19 heavy (non-hydrogen) atoms. The Morgan fingerprint density at radius 3 is 2.68 bits per heavy atom. The van der Waals surface area contributed by atoms with Crippen LogP contribution in [0.3, 0.4) is 0 Å². The second kappa shape index (κ2) is 5.97. The molecule has 1 fully saturated rings. The van der Waals surface area contributed by atoms with Crippen molar-refractivity contribution in [2.75, 3.05) is 6.54 Å². The van der Waals surface area contributed by atoms with Crippen LogP contribution in [-0.4, -0.2) is 35.2 Å². The number of carbonyl (C=O) groups excluding carboxylic acids is 3. The number of hydrogen-bond acceptors (Lipinski definition) is 4. The Balaban J connectivity index is 1.80. The van der Waals surface area contributed by atoms with Crippen LogP contribution in [0.25, 0.3) is 0 Å². The van der Waals surface area contributed by atoms with E-state index >= 15 is 0 Å². The maximum Gasteiger partial charge on any atom is 0.240 e. The number of hydrogen-bond donors (Lipinski definition) is 1. The van der Waals surface area contributed by atoms with Gasteiger partial charge < -0.3 is 5.32 Å². The van der Waals surface area contributed by atoms with Gasteiger partial charge in [-0.3, -0.25) is 19.3 Å². The van der Waals surface area contributed by atoms with Crippen molar-refractivity contribution >= 4 is 29.1 Å². The number of nitrogens with zero attached hydrogens (tertiary/aromatic N) is 1. The quantitative estimate of drug-likeness (QED) is 0.816. The molecule has 0 saturated carbocycles. The highest BCUT2D eigenvalue weighted by molar-refractivity contribution is 7.09. The van der Waals surface area contributed by atoms with Crippen molar-refractivity contribution in [2.24, 2.45) is 0 Å². The molecular weight excluding hydrogens is 264 g/mol. The first kappa shape index (κ1) is 13.7. The fourth-order valence-electron chi connectivity index (χ4n) is 2.04. The highest BCUT2D eigenvalue weighted by Crippen LogP contribution is 2.12. The molecule has 0 aromatic carbocycles. The molecule has 0 spiro atoms. The van der Waals surface area contributed by atoms with Crippen LogP contribution in [0.15, 0.2) is 17.5 Å². The molecule has 6 heteroatoms. The molecule has 1 atom stereocenters. The molecule has 0 bridgehead atoms. The molecule has 102 valence electrons. The van der Waals surface area contributed by atoms with Crippen LogP contribution in [0, 0.1) is 0 Å². The molecule has 1 saturated heterocycles. The molecule has 1 aliphatic heterocycles. The number of likely N-dealkylation sites (tertiary alicyclic amines) is 1. The van der Waals surface area contributed by atoms with E-state index in [1.54, 1.807) is 11.3 Å². The first-order valence-electron chi connectivity index (χ1n) is 6.21. The van der Waals surface area contributed by atoms with Gasteiger partial charge >= 0.3 is 0 Å². The maximum atomic E-state index is 11.8. The van der Waals surface area contributed by atoms with Crippen LogP contribution in [0.5, 0.6) is 0 Å². The van der Waals surface area contributed by atoms with E-state index < -0.39 is 0 Å². The first-order valence-corrected chi connectivity index (χ1v) is 7.09. The highest BCUT2D eigenvalue weighted by atomic mass is 32.1. The fraction of sp³-hybridized carbons (Fsp3) is 0.462. The fourth-order valence-corrected chi connectivity index (χ4v) is 2.88. The lowest BCUT2D eigenvalue weighted by Crippen LogP contribution is -2.43. The number of rotatable bonds is 5. The van der Waals surface area contributed by atoms with Gasteiger partial charge in [-0.2, -0.15) is 0 Å². The summed E-state index contributed by atoms with van der Waals surface area (Å²) in [5.74, 6) is -0.801. The van der Waals surface area contributed by atoms with Gasteiger partial charge in [0.2, 0.25) is 17.7 Å². The summed E-state index contributed by atoms with van der Waals surface area (Å²) >= 11 is 1.64. The summed E-state index contributed by atoms with van der Waals surface area (Å²) in [4.78, 5) is 36.8. The third-order valence-corrected chi connectivity index (χ3v) is 3.85. The summed E-state index contributed by atoms with van der Waals surface area (Å²) in [6.45, 7) is 1.75. The van der Waals surface area contributed by atoms with Crippen molar-refractivity contribution in [1.29, 1.82) is 0 Å². The van der Waals surface area contributed by atoms with Gasteiger partial charge in [0.15, 0.2) is 0 Å². The monoisotopic (exact) mass is 280 g/mol. The highest BCUT2D eigenvalue weighted by Gasteiger charge is 2.30. The molecule has 0 aliphatic carbocycles. The topological polar surface area (TPSA) is 66.5 Å². The predicted octanol–water partition coefficient (Wildman–Crippen LogP) is 0.944. The minimum atomic E-state index is -0.285. The Kier molecular flexibility index (Phi) is 4.31.